The first-order valence-electron chi connectivity index (χ1n) is 9.55. The zero-order valence-corrected chi connectivity index (χ0v) is 16.7. The van der Waals surface area contributed by atoms with Gasteiger partial charge in [0, 0.05) is 12.1 Å². The van der Waals surface area contributed by atoms with Crippen molar-refractivity contribution in [2.75, 3.05) is 20.8 Å². The topological polar surface area (TPSA) is 77.7 Å². The van der Waals surface area contributed by atoms with Gasteiger partial charge in [0.05, 0.1) is 14.2 Å². The van der Waals surface area contributed by atoms with Crippen LogP contribution in [0.2, 0.25) is 0 Å². The second-order valence-corrected chi connectivity index (χ2v) is 7.02. The second-order valence-electron chi connectivity index (χ2n) is 7.02. The van der Waals surface area contributed by atoms with Gasteiger partial charge in [-0.05, 0) is 38.0 Å². The highest BCUT2D eigenvalue weighted by Gasteiger charge is 2.36. The molecule has 1 saturated heterocycles. The average Bonchev–Trinajstić information content (AvgIpc) is 3.42. The van der Waals surface area contributed by atoms with Gasteiger partial charge in [-0.15, -0.1) is 0 Å². The molecule has 7 nitrogen and oxygen atoms in total. The Morgan fingerprint density at radius 3 is 2.55 bits per heavy atom. The maximum absolute atomic E-state index is 13.4. The van der Waals surface area contributed by atoms with E-state index in [0.717, 1.165) is 24.0 Å². The first-order chi connectivity index (χ1) is 14.1. The highest BCUT2D eigenvalue weighted by atomic mass is 16.5. The molecule has 0 spiro atoms. The van der Waals surface area contributed by atoms with Crippen molar-refractivity contribution in [1.82, 2.24) is 15.0 Å². The summed E-state index contributed by atoms with van der Waals surface area (Å²) in [5, 5.41) is 4.13. The SMILES string of the molecule is COc1cccc(OC)c1C(=O)N1CCCC1c1nc(-c2cccc(C)c2)no1. The third kappa shape index (κ3) is 3.55. The van der Waals surface area contributed by atoms with E-state index < -0.39 is 0 Å². The fourth-order valence-electron chi connectivity index (χ4n) is 3.74. The molecular weight excluding hydrogens is 370 g/mol. The molecule has 4 rings (SSSR count). The second kappa shape index (κ2) is 7.95. The maximum atomic E-state index is 13.4. The quantitative estimate of drug-likeness (QED) is 0.651. The van der Waals surface area contributed by atoms with Gasteiger partial charge in [0.2, 0.25) is 11.7 Å². The normalized spacial score (nSPS) is 16.1. The zero-order valence-electron chi connectivity index (χ0n) is 16.7. The summed E-state index contributed by atoms with van der Waals surface area (Å²) >= 11 is 0. The molecule has 150 valence electrons. The molecule has 3 aromatic rings. The van der Waals surface area contributed by atoms with E-state index in [1.165, 1.54) is 0 Å². The van der Waals surface area contributed by atoms with Crippen LogP contribution in [0.25, 0.3) is 11.4 Å². The van der Waals surface area contributed by atoms with E-state index in [9.17, 15) is 4.79 Å². The lowest BCUT2D eigenvalue weighted by molar-refractivity contribution is 0.0703. The van der Waals surface area contributed by atoms with Crippen LogP contribution in [0.5, 0.6) is 11.5 Å². The summed E-state index contributed by atoms with van der Waals surface area (Å²) in [6, 6.07) is 12.9. The monoisotopic (exact) mass is 393 g/mol. The summed E-state index contributed by atoms with van der Waals surface area (Å²) in [6.45, 7) is 2.62. The zero-order chi connectivity index (χ0) is 20.4. The molecule has 1 unspecified atom stereocenters. The third-order valence-corrected chi connectivity index (χ3v) is 5.16. The highest BCUT2D eigenvalue weighted by molar-refractivity contribution is 6.00. The maximum Gasteiger partial charge on any atom is 0.262 e. The van der Waals surface area contributed by atoms with Gasteiger partial charge in [0.15, 0.2) is 0 Å². The van der Waals surface area contributed by atoms with E-state index in [4.69, 9.17) is 14.0 Å². The summed E-state index contributed by atoms with van der Waals surface area (Å²) in [4.78, 5) is 19.7. The lowest BCUT2D eigenvalue weighted by atomic mass is 10.1. The Morgan fingerprint density at radius 1 is 1.14 bits per heavy atom. The highest BCUT2D eigenvalue weighted by Crippen LogP contribution is 2.37. The number of methoxy groups -OCH3 is 2. The number of benzene rings is 2. The van der Waals surface area contributed by atoms with Crippen LogP contribution in [0.15, 0.2) is 47.0 Å². The number of aromatic nitrogens is 2. The van der Waals surface area contributed by atoms with Gasteiger partial charge < -0.3 is 18.9 Å². The minimum Gasteiger partial charge on any atom is -0.496 e. The van der Waals surface area contributed by atoms with Gasteiger partial charge in [-0.2, -0.15) is 4.98 Å². The number of aryl methyl sites for hydroxylation is 1. The standard InChI is InChI=1S/C22H23N3O4/c1-14-7-4-8-15(13-14)20-23-21(29-24-20)16-9-6-12-25(16)22(26)19-17(27-2)10-5-11-18(19)28-3/h4-5,7-8,10-11,13,16H,6,9,12H2,1-3H3. The molecular formula is C22H23N3O4. The number of rotatable bonds is 5. The summed E-state index contributed by atoms with van der Waals surface area (Å²) < 4.78 is 16.4. The van der Waals surface area contributed by atoms with Crippen molar-refractivity contribution in [3.8, 4) is 22.9 Å². The largest absolute Gasteiger partial charge is 0.496 e. The van der Waals surface area contributed by atoms with Crippen LogP contribution in [0.4, 0.5) is 0 Å². The van der Waals surface area contributed by atoms with Gasteiger partial charge in [-0.25, -0.2) is 0 Å². The summed E-state index contributed by atoms with van der Waals surface area (Å²) in [7, 11) is 3.08. The predicted molar refractivity (Wildman–Crippen MR) is 107 cm³/mol. The number of carbonyl (C=O) groups excluding carboxylic acids is 1. The number of carbonyl (C=O) groups is 1. The molecule has 0 aliphatic carbocycles. The molecule has 2 aromatic carbocycles. The van der Waals surface area contributed by atoms with E-state index in [1.54, 1.807) is 37.3 Å². The average molecular weight is 393 g/mol. The summed E-state index contributed by atoms with van der Waals surface area (Å²) in [6.07, 6.45) is 1.62. The van der Waals surface area contributed by atoms with E-state index >= 15 is 0 Å². The Bertz CT molecular complexity index is 1010. The Balaban J connectivity index is 1.65. The van der Waals surface area contributed by atoms with Crippen LogP contribution >= 0.6 is 0 Å². The van der Waals surface area contributed by atoms with E-state index in [2.05, 4.69) is 10.1 Å². The molecule has 0 saturated carbocycles. The van der Waals surface area contributed by atoms with Crippen molar-refractivity contribution in [2.24, 2.45) is 0 Å². The molecule has 0 radical (unpaired) electrons. The van der Waals surface area contributed by atoms with Crippen molar-refractivity contribution in [1.29, 1.82) is 0 Å². The van der Waals surface area contributed by atoms with Crippen LogP contribution in [0.3, 0.4) is 0 Å². The molecule has 7 heteroatoms. The molecule has 1 fully saturated rings. The van der Waals surface area contributed by atoms with Crippen LogP contribution in [-0.4, -0.2) is 41.7 Å². The fraction of sp³-hybridized carbons (Fsp3) is 0.318. The molecule has 29 heavy (non-hydrogen) atoms. The third-order valence-electron chi connectivity index (χ3n) is 5.16. The first kappa shape index (κ1) is 19.0. The van der Waals surface area contributed by atoms with Crippen LogP contribution in [0, 0.1) is 6.92 Å². The lowest BCUT2D eigenvalue weighted by Gasteiger charge is -2.23. The van der Waals surface area contributed by atoms with Crippen LogP contribution in [0.1, 0.15) is 40.7 Å². The fourth-order valence-corrected chi connectivity index (χ4v) is 3.74. The predicted octanol–water partition coefficient (Wildman–Crippen LogP) is 4.04. The molecule has 1 amide bonds. The number of likely N-dealkylation sites (tertiary alicyclic amines) is 1. The minimum absolute atomic E-state index is 0.169. The van der Waals surface area contributed by atoms with E-state index in [0.29, 0.717) is 35.3 Å². The van der Waals surface area contributed by atoms with Crippen LogP contribution < -0.4 is 9.47 Å². The van der Waals surface area contributed by atoms with Gasteiger partial charge in [-0.1, -0.05) is 35.0 Å². The van der Waals surface area contributed by atoms with E-state index in [1.807, 2.05) is 31.2 Å². The first-order valence-corrected chi connectivity index (χ1v) is 9.55. The van der Waals surface area contributed by atoms with Gasteiger partial charge >= 0.3 is 0 Å². The summed E-state index contributed by atoms with van der Waals surface area (Å²) in [5.41, 5.74) is 2.42. The van der Waals surface area contributed by atoms with Gasteiger partial charge in [0.25, 0.3) is 5.91 Å². The molecule has 1 aromatic heterocycles. The molecule has 0 bridgehead atoms. The number of amides is 1. The molecule has 1 aliphatic heterocycles. The van der Waals surface area contributed by atoms with Crippen molar-refractivity contribution >= 4 is 5.91 Å². The smallest absolute Gasteiger partial charge is 0.262 e. The van der Waals surface area contributed by atoms with Crippen LogP contribution in [-0.2, 0) is 0 Å². The Labute approximate surface area is 169 Å². The molecule has 1 atom stereocenters. The molecule has 2 heterocycles. The van der Waals surface area contributed by atoms with Crippen molar-refractivity contribution < 1.29 is 18.8 Å². The Hall–Kier alpha value is -3.35. The summed E-state index contributed by atoms with van der Waals surface area (Å²) in [5.74, 6) is 1.76. The Morgan fingerprint density at radius 2 is 1.86 bits per heavy atom. The number of nitrogens with zero attached hydrogens (tertiary/aromatic N) is 3. The van der Waals surface area contributed by atoms with Gasteiger partial charge in [0.1, 0.15) is 23.1 Å². The minimum atomic E-state index is -0.275. The lowest BCUT2D eigenvalue weighted by Crippen LogP contribution is -2.31. The molecule has 1 aliphatic rings. The van der Waals surface area contributed by atoms with Crippen molar-refractivity contribution in [3.63, 3.8) is 0 Å². The molecule has 0 N–H and O–H groups in total. The Kier molecular flexibility index (Phi) is 5.20. The van der Waals surface area contributed by atoms with Gasteiger partial charge in [-0.3, -0.25) is 4.79 Å². The number of ether oxygens (including phenoxy) is 2. The number of hydrogen-bond donors (Lipinski definition) is 0. The number of hydrogen-bond acceptors (Lipinski definition) is 6. The van der Waals surface area contributed by atoms with Crippen molar-refractivity contribution in [3.05, 3.63) is 59.5 Å². The van der Waals surface area contributed by atoms with Crippen molar-refractivity contribution in [2.45, 2.75) is 25.8 Å². The van der Waals surface area contributed by atoms with E-state index in [-0.39, 0.29) is 11.9 Å².